The van der Waals surface area contributed by atoms with E-state index in [2.05, 4.69) is 14.9 Å². The highest BCUT2D eigenvalue weighted by Crippen LogP contribution is 2.18. The minimum Gasteiger partial charge on any atom is -0.369 e. The molecule has 1 aromatic carbocycles. The third-order valence-corrected chi connectivity index (χ3v) is 6.35. The van der Waals surface area contributed by atoms with E-state index in [1.54, 1.807) is 0 Å². The van der Waals surface area contributed by atoms with Crippen LogP contribution in [0, 0.1) is 0 Å². The number of benzene rings is 1. The largest absolute Gasteiger partial charge is 0.369 e. The van der Waals surface area contributed by atoms with Gasteiger partial charge in [0.05, 0.1) is 0 Å². The van der Waals surface area contributed by atoms with Crippen molar-refractivity contribution >= 4 is 21.9 Å². The summed E-state index contributed by atoms with van der Waals surface area (Å²) in [6.45, 7) is 1.94. The van der Waals surface area contributed by atoms with Gasteiger partial charge in [0.2, 0.25) is 0 Å². The molecule has 2 N–H and O–H groups in total. The molecule has 25 heavy (non-hydrogen) atoms. The van der Waals surface area contributed by atoms with Crippen LogP contribution < -0.4 is 14.9 Å². The van der Waals surface area contributed by atoms with E-state index < -0.39 is 16.2 Å². The average molecular weight is 366 g/mol. The smallest absolute Gasteiger partial charge is 0.329 e. The molecule has 1 saturated carbocycles. The van der Waals surface area contributed by atoms with E-state index in [0.717, 1.165) is 31.4 Å². The zero-order valence-corrected chi connectivity index (χ0v) is 15.2. The first-order valence-electron chi connectivity index (χ1n) is 8.93. The van der Waals surface area contributed by atoms with Gasteiger partial charge in [-0.05, 0) is 25.0 Å². The number of urea groups is 1. The summed E-state index contributed by atoms with van der Waals surface area (Å²) in [5.41, 5.74) is 1.09. The van der Waals surface area contributed by atoms with Crippen LogP contribution in [-0.4, -0.2) is 51.0 Å². The monoisotopic (exact) mass is 366 g/mol. The Bertz CT molecular complexity index is 666. The fourth-order valence-electron chi connectivity index (χ4n) is 3.47. The maximum atomic E-state index is 12.4. The van der Waals surface area contributed by atoms with Crippen LogP contribution >= 0.6 is 0 Å². The maximum absolute atomic E-state index is 12.4. The molecule has 1 aliphatic heterocycles. The number of hydrogen-bond donors (Lipinski definition) is 2. The Morgan fingerprint density at radius 2 is 1.60 bits per heavy atom. The molecule has 0 radical (unpaired) electrons. The molecule has 0 bridgehead atoms. The molecular weight excluding hydrogens is 340 g/mol. The van der Waals surface area contributed by atoms with Crippen molar-refractivity contribution < 1.29 is 13.2 Å². The van der Waals surface area contributed by atoms with Gasteiger partial charge in [-0.3, -0.25) is 0 Å². The van der Waals surface area contributed by atoms with Crippen LogP contribution in [0.25, 0.3) is 0 Å². The Morgan fingerprint density at radius 3 is 2.24 bits per heavy atom. The number of amides is 2. The molecular formula is C17H26N4O3S. The second kappa shape index (κ2) is 8.05. The van der Waals surface area contributed by atoms with E-state index in [1.165, 1.54) is 10.7 Å². The number of nitrogens with zero attached hydrogens (tertiary/aromatic N) is 2. The summed E-state index contributed by atoms with van der Waals surface area (Å²) in [5, 5.41) is 2.78. The van der Waals surface area contributed by atoms with Gasteiger partial charge in [0, 0.05) is 37.9 Å². The highest BCUT2D eigenvalue weighted by molar-refractivity contribution is 7.87. The highest BCUT2D eigenvalue weighted by Gasteiger charge is 2.29. The Hall–Kier alpha value is -1.80. The standard InChI is InChI=1S/C17H26N4O3S/c22-17(18-15-7-3-1-4-8-15)19-25(23,24)21-13-11-20(12-14-21)16-9-5-2-6-10-16/h2,5-6,9-10,15H,1,3-4,7-8,11-14H2,(H2,18,19,22). The van der Waals surface area contributed by atoms with Crippen molar-refractivity contribution in [3.8, 4) is 0 Å². The maximum Gasteiger partial charge on any atom is 0.329 e. The summed E-state index contributed by atoms with van der Waals surface area (Å²) in [5.74, 6) is 0. The molecule has 3 rings (SSSR count). The van der Waals surface area contributed by atoms with Gasteiger partial charge in [-0.2, -0.15) is 12.7 Å². The highest BCUT2D eigenvalue weighted by atomic mass is 32.2. The predicted molar refractivity (Wildman–Crippen MR) is 97.7 cm³/mol. The lowest BCUT2D eigenvalue weighted by Crippen LogP contribution is -2.55. The van der Waals surface area contributed by atoms with Crippen LogP contribution in [0.2, 0.25) is 0 Å². The normalized spacial score (nSPS) is 20.2. The lowest BCUT2D eigenvalue weighted by atomic mass is 9.96. The molecule has 2 aliphatic rings. The van der Waals surface area contributed by atoms with Gasteiger partial charge in [0.1, 0.15) is 0 Å². The van der Waals surface area contributed by atoms with Gasteiger partial charge in [-0.15, -0.1) is 0 Å². The number of rotatable bonds is 4. The number of carbonyl (C=O) groups excluding carboxylic acids is 1. The third kappa shape index (κ3) is 4.85. The number of hydrogen-bond acceptors (Lipinski definition) is 4. The molecule has 1 saturated heterocycles. The molecule has 1 aliphatic carbocycles. The number of carbonyl (C=O) groups is 1. The third-order valence-electron chi connectivity index (χ3n) is 4.86. The van der Waals surface area contributed by atoms with Crippen LogP contribution in [0.15, 0.2) is 30.3 Å². The van der Waals surface area contributed by atoms with E-state index in [0.29, 0.717) is 26.2 Å². The minimum absolute atomic E-state index is 0.0823. The molecule has 138 valence electrons. The molecule has 1 aromatic rings. The SMILES string of the molecule is O=C(NC1CCCCC1)NS(=O)(=O)N1CCN(c2ccccc2)CC1. The van der Waals surface area contributed by atoms with Crippen molar-refractivity contribution in [2.45, 2.75) is 38.1 Å². The first-order chi connectivity index (χ1) is 12.0. The predicted octanol–water partition coefficient (Wildman–Crippen LogP) is 1.69. The van der Waals surface area contributed by atoms with Gasteiger partial charge in [-0.1, -0.05) is 37.5 Å². The van der Waals surface area contributed by atoms with Crippen molar-refractivity contribution in [3.05, 3.63) is 30.3 Å². The van der Waals surface area contributed by atoms with E-state index in [4.69, 9.17) is 0 Å². The van der Waals surface area contributed by atoms with E-state index in [9.17, 15) is 13.2 Å². The van der Waals surface area contributed by atoms with Crippen molar-refractivity contribution in [3.63, 3.8) is 0 Å². The number of nitrogens with one attached hydrogen (secondary N) is 2. The van der Waals surface area contributed by atoms with Gasteiger partial charge < -0.3 is 10.2 Å². The molecule has 2 amide bonds. The molecule has 0 aromatic heterocycles. The number of anilines is 1. The molecule has 7 nitrogen and oxygen atoms in total. The molecule has 0 unspecified atom stereocenters. The van der Waals surface area contributed by atoms with E-state index in [-0.39, 0.29) is 6.04 Å². The lowest BCUT2D eigenvalue weighted by Gasteiger charge is -2.35. The van der Waals surface area contributed by atoms with Crippen LogP contribution in [0.1, 0.15) is 32.1 Å². The molecule has 2 fully saturated rings. The lowest BCUT2D eigenvalue weighted by molar-refractivity contribution is 0.236. The summed E-state index contributed by atoms with van der Waals surface area (Å²) in [7, 11) is -3.79. The summed E-state index contributed by atoms with van der Waals surface area (Å²) < 4.78 is 28.3. The van der Waals surface area contributed by atoms with Crippen molar-refractivity contribution in [1.29, 1.82) is 0 Å². The fraction of sp³-hybridized carbons (Fsp3) is 0.588. The van der Waals surface area contributed by atoms with Gasteiger partial charge in [-0.25, -0.2) is 9.52 Å². The Morgan fingerprint density at radius 1 is 0.960 bits per heavy atom. The van der Waals surface area contributed by atoms with Crippen molar-refractivity contribution in [2.75, 3.05) is 31.1 Å². The van der Waals surface area contributed by atoms with Crippen LogP contribution in [0.5, 0.6) is 0 Å². The second-order valence-corrected chi connectivity index (χ2v) is 8.31. The Balaban J connectivity index is 1.50. The summed E-state index contributed by atoms with van der Waals surface area (Å²) in [4.78, 5) is 14.2. The van der Waals surface area contributed by atoms with Gasteiger partial charge >= 0.3 is 16.2 Å². The number of para-hydroxylation sites is 1. The van der Waals surface area contributed by atoms with E-state index in [1.807, 2.05) is 30.3 Å². The molecule has 0 atom stereocenters. The van der Waals surface area contributed by atoms with Crippen LogP contribution in [-0.2, 0) is 10.2 Å². The topological polar surface area (TPSA) is 81.8 Å². The zero-order valence-electron chi connectivity index (χ0n) is 14.4. The number of piperazine rings is 1. The Labute approximate surface area is 149 Å². The summed E-state index contributed by atoms with van der Waals surface area (Å²) >= 11 is 0. The molecule has 8 heteroatoms. The van der Waals surface area contributed by atoms with Crippen molar-refractivity contribution in [2.24, 2.45) is 0 Å². The van der Waals surface area contributed by atoms with Crippen LogP contribution in [0.4, 0.5) is 10.5 Å². The first kappa shape index (κ1) is 18.0. The fourth-order valence-corrected chi connectivity index (χ4v) is 4.54. The van der Waals surface area contributed by atoms with Crippen LogP contribution in [0.3, 0.4) is 0 Å². The van der Waals surface area contributed by atoms with Gasteiger partial charge in [0.15, 0.2) is 0 Å². The summed E-state index contributed by atoms with van der Waals surface area (Å²) in [6.07, 6.45) is 5.19. The first-order valence-corrected chi connectivity index (χ1v) is 10.4. The minimum atomic E-state index is -3.79. The van der Waals surface area contributed by atoms with Gasteiger partial charge in [0.25, 0.3) is 0 Å². The molecule has 0 spiro atoms. The summed E-state index contributed by atoms with van der Waals surface area (Å²) in [6, 6.07) is 9.39. The van der Waals surface area contributed by atoms with E-state index >= 15 is 0 Å². The Kier molecular flexibility index (Phi) is 5.80. The second-order valence-electron chi connectivity index (χ2n) is 6.64. The van der Waals surface area contributed by atoms with Crippen molar-refractivity contribution in [1.82, 2.24) is 14.3 Å². The molecule has 1 heterocycles. The quantitative estimate of drug-likeness (QED) is 0.850. The average Bonchev–Trinajstić information content (AvgIpc) is 2.63. The zero-order chi connectivity index (χ0) is 17.7.